The van der Waals surface area contributed by atoms with Gasteiger partial charge in [-0.15, -0.1) is 0 Å². The number of hydrogen-bond donors (Lipinski definition) is 0. The van der Waals surface area contributed by atoms with Crippen LogP contribution in [-0.2, 0) is 18.0 Å². The Morgan fingerprint density at radius 2 is 1.89 bits per heavy atom. The van der Waals surface area contributed by atoms with E-state index in [0.29, 0.717) is 0 Å². The SMILES string of the molecule is [Cl][Ta]#[C]c1ccccc1. The van der Waals surface area contributed by atoms with Crippen LogP contribution in [0.2, 0.25) is 0 Å². The van der Waals surface area contributed by atoms with Gasteiger partial charge in [-0.1, -0.05) is 0 Å². The second-order valence-electron chi connectivity index (χ2n) is 1.56. The van der Waals surface area contributed by atoms with Crippen molar-refractivity contribution < 1.29 is 18.0 Å². The first-order valence-corrected chi connectivity index (χ1v) is 8.14. The van der Waals surface area contributed by atoms with Crippen LogP contribution in [0.3, 0.4) is 0 Å². The molecular formula is C7H5ClTa. The quantitative estimate of drug-likeness (QED) is 0.689. The molecule has 0 atom stereocenters. The maximum atomic E-state index is 5.61. The van der Waals surface area contributed by atoms with Crippen molar-refractivity contribution in [1.29, 1.82) is 0 Å². The predicted octanol–water partition coefficient (Wildman–Crippen LogP) is 2.23. The van der Waals surface area contributed by atoms with Crippen molar-refractivity contribution in [2.45, 2.75) is 0 Å². The van der Waals surface area contributed by atoms with Crippen molar-refractivity contribution in [1.82, 2.24) is 0 Å². The normalized spacial score (nSPS) is 7.67. The monoisotopic (exact) mass is 305 g/mol. The van der Waals surface area contributed by atoms with E-state index >= 15 is 0 Å². The zero-order chi connectivity index (χ0) is 6.53. The molecule has 0 bridgehead atoms. The molecular weight excluding hydrogens is 300 g/mol. The van der Waals surface area contributed by atoms with E-state index in [2.05, 4.69) is 4.03 Å². The van der Waals surface area contributed by atoms with Crippen LogP contribution < -0.4 is 0 Å². The van der Waals surface area contributed by atoms with E-state index in [1.807, 2.05) is 30.3 Å². The van der Waals surface area contributed by atoms with Crippen LogP contribution >= 0.6 is 9.19 Å². The van der Waals surface area contributed by atoms with Gasteiger partial charge in [0.05, 0.1) is 0 Å². The molecule has 0 saturated heterocycles. The van der Waals surface area contributed by atoms with Gasteiger partial charge in [-0.2, -0.15) is 0 Å². The van der Waals surface area contributed by atoms with Crippen molar-refractivity contribution in [2.24, 2.45) is 0 Å². The molecule has 0 saturated carbocycles. The van der Waals surface area contributed by atoms with Crippen LogP contribution in [0.4, 0.5) is 0 Å². The third-order valence-corrected chi connectivity index (χ3v) is 2.87. The standard InChI is InChI=1S/C7H5.ClH.Ta/c1-7-5-3-2-4-6-7;;/h2-6H;1H;/q;;+1/p-1. The van der Waals surface area contributed by atoms with Gasteiger partial charge in [0.15, 0.2) is 0 Å². The summed E-state index contributed by atoms with van der Waals surface area (Å²) >= 11 is -0.869. The molecule has 0 aliphatic heterocycles. The summed E-state index contributed by atoms with van der Waals surface area (Å²) in [7, 11) is 5.61. The molecule has 0 aromatic heterocycles. The van der Waals surface area contributed by atoms with E-state index in [0.717, 1.165) is 5.56 Å². The van der Waals surface area contributed by atoms with E-state index in [1.54, 1.807) is 0 Å². The van der Waals surface area contributed by atoms with Crippen LogP contribution in [0.1, 0.15) is 5.56 Å². The minimum atomic E-state index is -0.869. The molecule has 1 aromatic carbocycles. The Hall–Kier alpha value is 0.0303. The molecule has 0 heterocycles. The molecule has 0 amide bonds. The molecule has 0 aliphatic rings. The first-order chi connectivity index (χ1) is 4.43. The van der Waals surface area contributed by atoms with Crippen molar-refractivity contribution >= 4 is 9.19 Å². The number of hydrogen-bond acceptors (Lipinski definition) is 0. The summed E-state index contributed by atoms with van der Waals surface area (Å²) in [4.78, 5) is 0. The Labute approximate surface area is 67.1 Å². The van der Waals surface area contributed by atoms with E-state index < -0.39 is 18.0 Å². The Morgan fingerprint density at radius 1 is 1.22 bits per heavy atom. The molecule has 0 aliphatic carbocycles. The summed E-state index contributed by atoms with van der Waals surface area (Å²) in [5.74, 6) is 0. The Bertz CT molecular complexity index is 232. The minimum absolute atomic E-state index is 0.869. The molecule has 0 fully saturated rings. The van der Waals surface area contributed by atoms with E-state index in [9.17, 15) is 0 Å². The first-order valence-electron chi connectivity index (χ1n) is 2.55. The van der Waals surface area contributed by atoms with E-state index in [1.165, 1.54) is 0 Å². The van der Waals surface area contributed by atoms with Crippen LogP contribution in [0.25, 0.3) is 0 Å². The predicted molar refractivity (Wildman–Crippen MR) is 35.3 cm³/mol. The van der Waals surface area contributed by atoms with Gasteiger partial charge >= 0.3 is 67.1 Å². The average molecular weight is 306 g/mol. The molecule has 1 rings (SSSR count). The topological polar surface area (TPSA) is 0 Å². The summed E-state index contributed by atoms with van der Waals surface area (Å²) in [6.45, 7) is 0. The molecule has 0 radical (unpaired) electrons. The third-order valence-electron chi connectivity index (χ3n) is 0.945. The van der Waals surface area contributed by atoms with E-state index in [-0.39, 0.29) is 0 Å². The fourth-order valence-electron chi connectivity index (χ4n) is 0.561. The van der Waals surface area contributed by atoms with Crippen LogP contribution in [0.5, 0.6) is 0 Å². The third kappa shape index (κ3) is 2.40. The van der Waals surface area contributed by atoms with Crippen LogP contribution in [0, 0.1) is 4.03 Å². The molecule has 0 nitrogen and oxygen atoms in total. The van der Waals surface area contributed by atoms with Crippen molar-refractivity contribution in [3.8, 4) is 4.03 Å². The van der Waals surface area contributed by atoms with Gasteiger partial charge < -0.3 is 0 Å². The van der Waals surface area contributed by atoms with Crippen LogP contribution in [0.15, 0.2) is 30.3 Å². The first kappa shape index (κ1) is 7.14. The Balaban J connectivity index is 2.94. The van der Waals surface area contributed by atoms with Gasteiger partial charge in [0.1, 0.15) is 0 Å². The fourth-order valence-corrected chi connectivity index (χ4v) is 2.25. The molecule has 0 unspecified atom stereocenters. The summed E-state index contributed by atoms with van der Waals surface area (Å²) in [6.07, 6.45) is 0. The Kier molecular flexibility index (Phi) is 3.13. The Morgan fingerprint density at radius 3 is 2.44 bits per heavy atom. The van der Waals surface area contributed by atoms with Gasteiger partial charge in [-0.05, 0) is 0 Å². The van der Waals surface area contributed by atoms with Crippen LogP contribution in [-0.4, -0.2) is 0 Å². The molecule has 45 valence electrons. The van der Waals surface area contributed by atoms with E-state index in [4.69, 9.17) is 9.19 Å². The summed E-state index contributed by atoms with van der Waals surface area (Å²) < 4.78 is 3.15. The zero-order valence-electron chi connectivity index (χ0n) is 4.71. The molecule has 9 heavy (non-hydrogen) atoms. The fraction of sp³-hybridized carbons (Fsp3) is 0. The van der Waals surface area contributed by atoms with Crippen molar-refractivity contribution in [2.75, 3.05) is 0 Å². The second kappa shape index (κ2) is 3.95. The van der Waals surface area contributed by atoms with Crippen molar-refractivity contribution in [3.63, 3.8) is 0 Å². The zero-order valence-corrected chi connectivity index (χ0v) is 8.68. The number of halogens is 1. The van der Waals surface area contributed by atoms with Gasteiger partial charge in [0, 0.05) is 0 Å². The number of rotatable bonds is 0. The maximum absolute atomic E-state index is 5.61. The van der Waals surface area contributed by atoms with Gasteiger partial charge in [0.25, 0.3) is 0 Å². The number of benzene rings is 1. The van der Waals surface area contributed by atoms with Gasteiger partial charge in [-0.25, -0.2) is 0 Å². The molecule has 2 heteroatoms. The second-order valence-corrected chi connectivity index (χ2v) is 4.36. The van der Waals surface area contributed by atoms with Gasteiger partial charge in [0.2, 0.25) is 0 Å². The molecule has 1 aromatic rings. The molecule has 0 spiro atoms. The molecule has 0 N–H and O–H groups in total. The summed E-state index contributed by atoms with van der Waals surface area (Å²) in [5, 5.41) is 0. The van der Waals surface area contributed by atoms with Crippen molar-refractivity contribution in [3.05, 3.63) is 35.9 Å². The summed E-state index contributed by atoms with van der Waals surface area (Å²) in [5.41, 5.74) is 1.14. The summed E-state index contributed by atoms with van der Waals surface area (Å²) in [6, 6.07) is 10.0. The van der Waals surface area contributed by atoms with Gasteiger partial charge in [-0.3, -0.25) is 0 Å². The average Bonchev–Trinajstić information content (AvgIpc) is 1.91.